The Morgan fingerprint density at radius 1 is 1.00 bits per heavy atom. The van der Waals surface area contributed by atoms with E-state index in [1.165, 1.54) is 43.2 Å². The summed E-state index contributed by atoms with van der Waals surface area (Å²) in [6, 6.07) is 8.69. The van der Waals surface area contributed by atoms with Gasteiger partial charge >= 0.3 is 0 Å². The summed E-state index contributed by atoms with van der Waals surface area (Å²) < 4.78 is 0. The third-order valence-corrected chi connectivity index (χ3v) is 4.90. The number of rotatable bonds is 3. The highest BCUT2D eigenvalue weighted by Crippen LogP contribution is 2.43. The van der Waals surface area contributed by atoms with E-state index in [4.69, 9.17) is 10.7 Å². The van der Waals surface area contributed by atoms with Crippen molar-refractivity contribution in [3.8, 4) is 11.3 Å². The van der Waals surface area contributed by atoms with Crippen LogP contribution in [0, 0.1) is 6.92 Å². The Bertz CT molecular complexity index is 685. The van der Waals surface area contributed by atoms with E-state index in [2.05, 4.69) is 29.2 Å². The lowest BCUT2D eigenvalue weighted by Gasteiger charge is -2.28. The van der Waals surface area contributed by atoms with E-state index < -0.39 is 0 Å². The first-order valence-corrected chi connectivity index (χ1v) is 7.97. The van der Waals surface area contributed by atoms with E-state index in [1.807, 2.05) is 6.92 Å². The molecule has 0 aliphatic heterocycles. The molecule has 0 saturated heterocycles. The van der Waals surface area contributed by atoms with Crippen molar-refractivity contribution in [2.45, 2.75) is 50.9 Å². The molecule has 1 aromatic carbocycles. The topological polar surface area (TPSA) is 51.8 Å². The van der Waals surface area contributed by atoms with Crippen molar-refractivity contribution >= 4 is 5.82 Å². The van der Waals surface area contributed by atoms with Crippen molar-refractivity contribution in [2.75, 3.05) is 5.73 Å². The Labute approximate surface area is 125 Å². The normalized spacial score (nSPS) is 18.5. The van der Waals surface area contributed by atoms with Crippen LogP contribution in [0.2, 0.25) is 0 Å². The lowest BCUT2D eigenvalue weighted by atomic mass is 9.77. The number of benzene rings is 1. The largest absolute Gasteiger partial charge is 0.383 e. The van der Waals surface area contributed by atoms with Gasteiger partial charge in [-0.15, -0.1) is 0 Å². The SMILES string of the molecule is Cc1c(N)nc(C2CC2)nc1-c1ccccc1C1CCC1. The monoisotopic (exact) mass is 279 g/mol. The molecule has 2 fully saturated rings. The minimum absolute atomic E-state index is 0.530. The summed E-state index contributed by atoms with van der Waals surface area (Å²) in [4.78, 5) is 9.37. The molecule has 2 N–H and O–H groups in total. The van der Waals surface area contributed by atoms with E-state index in [0.29, 0.717) is 17.7 Å². The molecule has 0 unspecified atom stereocenters. The van der Waals surface area contributed by atoms with Crippen LogP contribution in [0.25, 0.3) is 11.3 Å². The second-order valence-corrected chi connectivity index (χ2v) is 6.43. The molecule has 4 rings (SSSR count). The number of nitrogen functional groups attached to an aromatic ring is 1. The highest BCUT2D eigenvalue weighted by Gasteiger charge is 2.29. The number of hydrogen-bond donors (Lipinski definition) is 1. The summed E-state index contributed by atoms with van der Waals surface area (Å²) in [7, 11) is 0. The molecular formula is C18H21N3. The first-order chi connectivity index (χ1) is 10.2. The first-order valence-electron chi connectivity index (χ1n) is 7.97. The Hall–Kier alpha value is -1.90. The van der Waals surface area contributed by atoms with Gasteiger partial charge in [0.25, 0.3) is 0 Å². The van der Waals surface area contributed by atoms with Gasteiger partial charge in [-0.1, -0.05) is 30.7 Å². The molecule has 1 aromatic heterocycles. The van der Waals surface area contributed by atoms with Gasteiger partial charge in [0, 0.05) is 17.0 Å². The molecule has 0 atom stereocenters. The van der Waals surface area contributed by atoms with Gasteiger partial charge in [-0.2, -0.15) is 0 Å². The number of aromatic nitrogens is 2. The predicted molar refractivity (Wildman–Crippen MR) is 85.2 cm³/mol. The minimum atomic E-state index is 0.530. The Balaban J connectivity index is 1.86. The standard InChI is InChI=1S/C18H21N3/c1-11-16(20-18(13-9-10-13)21-17(11)19)15-8-3-2-7-14(15)12-5-4-6-12/h2-3,7-8,12-13H,4-6,9-10H2,1H3,(H2,19,20,21). The molecule has 2 aliphatic carbocycles. The van der Waals surface area contributed by atoms with Gasteiger partial charge in [-0.25, -0.2) is 9.97 Å². The smallest absolute Gasteiger partial charge is 0.134 e. The zero-order chi connectivity index (χ0) is 14.4. The highest BCUT2D eigenvalue weighted by molar-refractivity contribution is 5.71. The van der Waals surface area contributed by atoms with Crippen LogP contribution >= 0.6 is 0 Å². The zero-order valence-electron chi connectivity index (χ0n) is 12.5. The molecule has 0 amide bonds. The van der Waals surface area contributed by atoms with Crippen LogP contribution in [0.1, 0.15) is 60.9 Å². The summed E-state index contributed by atoms with van der Waals surface area (Å²) in [6.07, 6.45) is 6.34. The highest BCUT2D eigenvalue weighted by atomic mass is 15.0. The van der Waals surface area contributed by atoms with E-state index in [1.54, 1.807) is 0 Å². The molecule has 0 bridgehead atoms. The van der Waals surface area contributed by atoms with E-state index in [0.717, 1.165) is 17.1 Å². The van der Waals surface area contributed by atoms with Crippen LogP contribution < -0.4 is 5.73 Å². The predicted octanol–water partition coefficient (Wildman–Crippen LogP) is 4.18. The summed E-state index contributed by atoms with van der Waals surface area (Å²) >= 11 is 0. The van der Waals surface area contributed by atoms with Gasteiger partial charge in [-0.05, 0) is 44.1 Å². The molecule has 2 saturated carbocycles. The fourth-order valence-corrected chi connectivity index (χ4v) is 3.13. The fraction of sp³-hybridized carbons (Fsp3) is 0.444. The quantitative estimate of drug-likeness (QED) is 0.917. The number of nitrogens with zero attached hydrogens (tertiary/aromatic N) is 2. The van der Waals surface area contributed by atoms with Crippen molar-refractivity contribution in [1.82, 2.24) is 9.97 Å². The summed E-state index contributed by atoms with van der Waals surface area (Å²) in [5.41, 5.74) is 10.9. The Morgan fingerprint density at radius 3 is 2.43 bits per heavy atom. The van der Waals surface area contributed by atoms with Gasteiger partial charge < -0.3 is 5.73 Å². The molecular weight excluding hydrogens is 258 g/mol. The number of hydrogen-bond acceptors (Lipinski definition) is 3. The van der Waals surface area contributed by atoms with Gasteiger partial charge in [0.1, 0.15) is 11.6 Å². The van der Waals surface area contributed by atoms with Crippen molar-refractivity contribution in [2.24, 2.45) is 0 Å². The third-order valence-electron chi connectivity index (χ3n) is 4.90. The second-order valence-electron chi connectivity index (χ2n) is 6.43. The van der Waals surface area contributed by atoms with Gasteiger partial charge in [-0.3, -0.25) is 0 Å². The maximum Gasteiger partial charge on any atom is 0.134 e. The lowest BCUT2D eigenvalue weighted by molar-refractivity contribution is 0.420. The lowest BCUT2D eigenvalue weighted by Crippen LogP contribution is -2.11. The van der Waals surface area contributed by atoms with Crippen molar-refractivity contribution in [3.63, 3.8) is 0 Å². The number of nitrogens with two attached hydrogens (primary N) is 1. The van der Waals surface area contributed by atoms with Crippen LogP contribution in [0.3, 0.4) is 0 Å². The maximum absolute atomic E-state index is 6.15. The first kappa shape index (κ1) is 12.8. The fourth-order valence-electron chi connectivity index (χ4n) is 3.13. The van der Waals surface area contributed by atoms with Gasteiger partial charge in [0.05, 0.1) is 5.69 Å². The molecule has 2 aromatic rings. The molecule has 2 aliphatic rings. The van der Waals surface area contributed by atoms with Crippen LogP contribution in [0.5, 0.6) is 0 Å². The van der Waals surface area contributed by atoms with Crippen LogP contribution in [-0.4, -0.2) is 9.97 Å². The molecule has 3 nitrogen and oxygen atoms in total. The van der Waals surface area contributed by atoms with Crippen molar-refractivity contribution in [3.05, 3.63) is 41.2 Å². The number of anilines is 1. The molecule has 21 heavy (non-hydrogen) atoms. The summed E-state index contributed by atoms with van der Waals surface area (Å²) in [5.74, 6) is 2.81. The Kier molecular flexibility index (Phi) is 2.95. The minimum Gasteiger partial charge on any atom is -0.383 e. The van der Waals surface area contributed by atoms with Crippen LogP contribution in [0.15, 0.2) is 24.3 Å². The van der Waals surface area contributed by atoms with Gasteiger partial charge in [0.15, 0.2) is 0 Å². The molecule has 1 heterocycles. The molecule has 0 spiro atoms. The van der Waals surface area contributed by atoms with Gasteiger partial charge in [0.2, 0.25) is 0 Å². The average Bonchev–Trinajstić information content (AvgIpc) is 3.25. The Morgan fingerprint density at radius 2 is 1.76 bits per heavy atom. The second kappa shape index (κ2) is 4.83. The molecule has 0 radical (unpaired) electrons. The van der Waals surface area contributed by atoms with E-state index in [-0.39, 0.29) is 0 Å². The van der Waals surface area contributed by atoms with E-state index >= 15 is 0 Å². The maximum atomic E-state index is 6.15. The molecule has 108 valence electrons. The third kappa shape index (κ3) is 2.21. The van der Waals surface area contributed by atoms with Crippen molar-refractivity contribution < 1.29 is 0 Å². The van der Waals surface area contributed by atoms with Crippen LogP contribution in [-0.2, 0) is 0 Å². The van der Waals surface area contributed by atoms with Crippen molar-refractivity contribution in [1.29, 1.82) is 0 Å². The van der Waals surface area contributed by atoms with E-state index in [9.17, 15) is 0 Å². The summed E-state index contributed by atoms with van der Waals surface area (Å²) in [6.45, 7) is 2.04. The summed E-state index contributed by atoms with van der Waals surface area (Å²) in [5, 5.41) is 0. The molecule has 3 heteroatoms. The average molecular weight is 279 g/mol. The zero-order valence-corrected chi connectivity index (χ0v) is 12.5. The van der Waals surface area contributed by atoms with Crippen LogP contribution in [0.4, 0.5) is 5.82 Å².